The van der Waals surface area contributed by atoms with Crippen molar-refractivity contribution in [2.75, 3.05) is 7.05 Å². The lowest BCUT2D eigenvalue weighted by Crippen LogP contribution is -2.19. The summed E-state index contributed by atoms with van der Waals surface area (Å²) in [6.45, 7) is 0. The molecule has 0 bridgehead atoms. The van der Waals surface area contributed by atoms with Crippen LogP contribution in [0.2, 0.25) is 5.02 Å². The third kappa shape index (κ3) is 4.18. The summed E-state index contributed by atoms with van der Waals surface area (Å²) < 4.78 is 2.26. The number of rotatable bonds is 4. The van der Waals surface area contributed by atoms with Crippen LogP contribution in [0.4, 0.5) is 0 Å². The zero-order chi connectivity index (χ0) is 13.8. The van der Waals surface area contributed by atoms with Gasteiger partial charge in [-0.25, -0.2) is 0 Å². The van der Waals surface area contributed by atoms with Crippen LogP contribution < -0.4 is 5.32 Å². The minimum atomic E-state index is 0.272. The highest BCUT2D eigenvalue weighted by molar-refractivity contribution is 14.1. The molecular formula is C15H14BrClIN. The van der Waals surface area contributed by atoms with Gasteiger partial charge in [0.1, 0.15) is 0 Å². The number of likely N-dealkylation sites (N-methyl/N-ethyl adjacent to an activating group) is 1. The van der Waals surface area contributed by atoms with Crippen LogP contribution >= 0.6 is 50.1 Å². The van der Waals surface area contributed by atoms with E-state index in [9.17, 15) is 0 Å². The van der Waals surface area contributed by atoms with Crippen molar-refractivity contribution in [1.82, 2.24) is 5.32 Å². The molecule has 4 heteroatoms. The molecule has 1 atom stereocenters. The molecule has 0 aliphatic carbocycles. The molecule has 0 aliphatic rings. The van der Waals surface area contributed by atoms with Gasteiger partial charge in [0.15, 0.2) is 0 Å². The van der Waals surface area contributed by atoms with Gasteiger partial charge in [0, 0.05) is 19.1 Å². The van der Waals surface area contributed by atoms with Crippen LogP contribution in [-0.4, -0.2) is 7.05 Å². The van der Waals surface area contributed by atoms with E-state index in [1.807, 2.05) is 19.2 Å². The number of hydrogen-bond acceptors (Lipinski definition) is 1. The van der Waals surface area contributed by atoms with E-state index in [0.717, 1.165) is 21.5 Å². The van der Waals surface area contributed by atoms with Crippen LogP contribution in [0.5, 0.6) is 0 Å². The zero-order valence-corrected chi connectivity index (χ0v) is 15.0. The van der Waals surface area contributed by atoms with E-state index in [-0.39, 0.29) is 6.04 Å². The van der Waals surface area contributed by atoms with Gasteiger partial charge in [0.2, 0.25) is 0 Å². The van der Waals surface area contributed by atoms with Crippen molar-refractivity contribution in [1.29, 1.82) is 0 Å². The highest BCUT2D eigenvalue weighted by Gasteiger charge is 2.12. The molecule has 0 fully saturated rings. The highest BCUT2D eigenvalue weighted by atomic mass is 127. The normalized spacial score (nSPS) is 12.4. The molecule has 2 aromatic rings. The zero-order valence-electron chi connectivity index (χ0n) is 10.5. The fraction of sp³-hybridized carbons (Fsp3) is 0.200. The predicted molar refractivity (Wildman–Crippen MR) is 93.8 cm³/mol. The van der Waals surface area contributed by atoms with Gasteiger partial charge in [-0.3, -0.25) is 0 Å². The molecule has 0 amide bonds. The third-order valence-electron chi connectivity index (χ3n) is 3.04. The average Bonchev–Trinajstić information content (AvgIpc) is 2.38. The van der Waals surface area contributed by atoms with Gasteiger partial charge in [-0.1, -0.05) is 45.7 Å². The molecule has 100 valence electrons. The number of hydrogen-bond donors (Lipinski definition) is 1. The molecule has 2 aromatic carbocycles. The summed E-state index contributed by atoms with van der Waals surface area (Å²) in [6, 6.07) is 14.9. The quantitative estimate of drug-likeness (QED) is 0.631. The average molecular weight is 451 g/mol. The van der Waals surface area contributed by atoms with E-state index < -0.39 is 0 Å². The Bertz CT molecular complexity index is 574. The van der Waals surface area contributed by atoms with E-state index in [0.29, 0.717) is 0 Å². The number of benzene rings is 2. The van der Waals surface area contributed by atoms with Gasteiger partial charge in [0.25, 0.3) is 0 Å². The molecule has 19 heavy (non-hydrogen) atoms. The Morgan fingerprint density at radius 3 is 2.68 bits per heavy atom. The topological polar surface area (TPSA) is 12.0 Å². The standard InChI is InChI=1S/C15H14BrClIN/c1-19-15(11-3-2-4-13(18)7-11)8-10-5-6-12(16)9-14(10)17/h2-7,9,15,19H,8H2,1H3. The fourth-order valence-electron chi connectivity index (χ4n) is 2.02. The lowest BCUT2D eigenvalue weighted by atomic mass is 9.99. The Labute approximate surface area is 141 Å². The lowest BCUT2D eigenvalue weighted by Gasteiger charge is -2.18. The van der Waals surface area contributed by atoms with Crippen molar-refractivity contribution in [2.24, 2.45) is 0 Å². The van der Waals surface area contributed by atoms with Crippen molar-refractivity contribution in [3.63, 3.8) is 0 Å². The van der Waals surface area contributed by atoms with Gasteiger partial charge >= 0.3 is 0 Å². The molecule has 1 unspecified atom stereocenters. The van der Waals surface area contributed by atoms with E-state index in [1.165, 1.54) is 9.13 Å². The van der Waals surface area contributed by atoms with Gasteiger partial charge in [-0.2, -0.15) is 0 Å². The van der Waals surface area contributed by atoms with Crippen LogP contribution in [0.3, 0.4) is 0 Å². The second-order valence-electron chi connectivity index (χ2n) is 4.34. The van der Waals surface area contributed by atoms with Crippen LogP contribution in [-0.2, 0) is 6.42 Å². The first kappa shape index (κ1) is 15.3. The lowest BCUT2D eigenvalue weighted by molar-refractivity contribution is 0.592. The summed E-state index contributed by atoms with van der Waals surface area (Å²) in [5, 5.41) is 4.17. The molecule has 0 radical (unpaired) electrons. The van der Waals surface area contributed by atoms with Gasteiger partial charge in [-0.15, -0.1) is 0 Å². The Hall–Kier alpha value is -0.100. The monoisotopic (exact) mass is 449 g/mol. The van der Waals surface area contributed by atoms with Gasteiger partial charge < -0.3 is 5.32 Å². The summed E-state index contributed by atoms with van der Waals surface area (Å²) in [5.74, 6) is 0. The maximum Gasteiger partial charge on any atom is 0.0449 e. The first-order chi connectivity index (χ1) is 9.10. The van der Waals surface area contributed by atoms with E-state index in [4.69, 9.17) is 11.6 Å². The summed E-state index contributed by atoms with van der Waals surface area (Å²) in [4.78, 5) is 0. The summed E-state index contributed by atoms with van der Waals surface area (Å²) in [7, 11) is 1.98. The SMILES string of the molecule is CNC(Cc1ccc(Br)cc1Cl)c1cccc(I)c1. The van der Waals surface area contributed by atoms with Crippen molar-refractivity contribution >= 4 is 50.1 Å². The molecule has 0 saturated heterocycles. The van der Waals surface area contributed by atoms with Crippen molar-refractivity contribution in [3.8, 4) is 0 Å². The second-order valence-corrected chi connectivity index (χ2v) is 6.90. The first-order valence-electron chi connectivity index (χ1n) is 5.97. The maximum absolute atomic E-state index is 6.29. The minimum Gasteiger partial charge on any atom is -0.313 e. The molecule has 1 N–H and O–H groups in total. The highest BCUT2D eigenvalue weighted by Crippen LogP contribution is 2.26. The Morgan fingerprint density at radius 2 is 2.05 bits per heavy atom. The summed E-state index contributed by atoms with van der Waals surface area (Å²) in [5.41, 5.74) is 2.44. The van der Waals surface area contributed by atoms with Crippen LogP contribution in [0, 0.1) is 3.57 Å². The summed E-state index contributed by atoms with van der Waals surface area (Å²) in [6.07, 6.45) is 0.878. The molecule has 0 heterocycles. The van der Waals surface area contributed by atoms with E-state index in [2.05, 4.69) is 74.2 Å². The third-order valence-corrected chi connectivity index (χ3v) is 4.55. The van der Waals surface area contributed by atoms with Crippen molar-refractivity contribution < 1.29 is 0 Å². The first-order valence-corrected chi connectivity index (χ1v) is 8.22. The molecule has 1 nitrogen and oxygen atoms in total. The molecule has 2 rings (SSSR count). The Balaban J connectivity index is 2.24. The van der Waals surface area contributed by atoms with E-state index >= 15 is 0 Å². The molecule has 0 aliphatic heterocycles. The number of nitrogens with one attached hydrogen (secondary N) is 1. The molecule has 0 saturated carbocycles. The Kier molecular flexibility index (Phi) is 5.69. The molecular weight excluding hydrogens is 436 g/mol. The second kappa shape index (κ2) is 7.07. The Morgan fingerprint density at radius 1 is 1.26 bits per heavy atom. The maximum atomic E-state index is 6.29. The smallest absolute Gasteiger partial charge is 0.0449 e. The van der Waals surface area contributed by atoms with E-state index in [1.54, 1.807) is 0 Å². The van der Waals surface area contributed by atoms with Gasteiger partial charge in [-0.05, 0) is 71.5 Å². The number of halogens is 3. The summed E-state index contributed by atoms with van der Waals surface area (Å²) >= 11 is 12.1. The molecule has 0 spiro atoms. The van der Waals surface area contributed by atoms with Gasteiger partial charge in [0.05, 0.1) is 0 Å². The predicted octanol–water partition coefficient (Wildman–Crippen LogP) is 5.21. The minimum absolute atomic E-state index is 0.272. The van der Waals surface area contributed by atoms with Crippen LogP contribution in [0.25, 0.3) is 0 Å². The van der Waals surface area contributed by atoms with Crippen LogP contribution in [0.1, 0.15) is 17.2 Å². The van der Waals surface area contributed by atoms with Crippen molar-refractivity contribution in [2.45, 2.75) is 12.5 Å². The van der Waals surface area contributed by atoms with Crippen molar-refractivity contribution in [3.05, 3.63) is 66.7 Å². The molecule has 0 aromatic heterocycles. The largest absolute Gasteiger partial charge is 0.313 e. The fourth-order valence-corrected chi connectivity index (χ4v) is 3.33. The van der Waals surface area contributed by atoms with Crippen LogP contribution in [0.15, 0.2) is 46.9 Å².